The molecule has 20 heavy (non-hydrogen) atoms. The van der Waals surface area contributed by atoms with Crippen LogP contribution in [-0.2, 0) is 4.79 Å². The third kappa shape index (κ3) is 2.01. The van der Waals surface area contributed by atoms with Gasteiger partial charge in [0, 0.05) is 24.0 Å². The average Bonchev–Trinajstić information content (AvgIpc) is 2.67. The maximum Gasteiger partial charge on any atom is 0.226 e. The van der Waals surface area contributed by atoms with Gasteiger partial charge >= 0.3 is 0 Å². The van der Waals surface area contributed by atoms with Crippen LogP contribution in [0.4, 0.5) is 0 Å². The zero-order valence-electron chi connectivity index (χ0n) is 12.5. The molecule has 4 aliphatic rings. The van der Waals surface area contributed by atoms with Gasteiger partial charge in [0.2, 0.25) is 5.91 Å². The minimum atomic E-state index is 0.297. The molecule has 3 heteroatoms. The molecule has 3 nitrogen and oxygen atoms in total. The normalized spacial score (nSPS) is 47.4. The molecule has 4 fully saturated rings. The highest BCUT2D eigenvalue weighted by molar-refractivity contribution is 5.80. The maximum atomic E-state index is 13.0. The van der Waals surface area contributed by atoms with Crippen molar-refractivity contribution in [3.63, 3.8) is 0 Å². The summed E-state index contributed by atoms with van der Waals surface area (Å²) in [5.74, 6) is 2.05. The van der Waals surface area contributed by atoms with Gasteiger partial charge in [0.05, 0.1) is 0 Å². The van der Waals surface area contributed by atoms with Gasteiger partial charge in [-0.1, -0.05) is 6.42 Å². The minimum Gasteiger partial charge on any atom is -0.336 e. The largest absolute Gasteiger partial charge is 0.336 e. The van der Waals surface area contributed by atoms with E-state index in [9.17, 15) is 4.79 Å². The number of carbonyl (C=O) groups excluding carboxylic acids is 1. The second kappa shape index (κ2) is 5.01. The summed E-state index contributed by atoms with van der Waals surface area (Å²) in [6, 6.07) is 1.54. The molecule has 1 amide bonds. The summed E-state index contributed by atoms with van der Waals surface area (Å²) in [5, 5.41) is 0. The molecule has 0 aromatic heterocycles. The SMILES string of the molecule is NC1C2CCCC1CC(C(=O)N1C3CCCC1CC3)C2. The Labute approximate surface area is 122 Å². The van der Waals surface area contributed by atoms with E-state index in [-0.39, 0.29) is 0 Å². The van der Waals surface area contributed by atoms with Gasteiger partial charge in [-0.2, -0.15) is 0 Å². The molecular weight excluding hydrogens is 248 g/mol. The van der Waals surface area contributed by atoms with Crippen molar-refractivity contribution in [3.05, 3.63) is 0 Å². The van der Waals surface area contributed by atoms with Crippen LogP contribution in [0.25, 0.3) is 0 Å². The van der Waals surface area contributed by atoms with Crippen LogP contribution in [0.3, 0.4) is 0 Å². The topological polar surface area (TPSA) is 46.3 Å². The molecule has 0 aromatic rings. The van der Waals surface area contributed by atoms with Crippen molar-refractivity contribution >= 4 is 5.91 Å². The Kier molecular flexibility index (Phi) is 3.29. The van der Waals surface area contributed by atoms with Gasteiger partial charge in [-0.3, -0.25) is 4.79 Å². The highest BCUT2D eigenvalue weighted by Crippen LogP contribution is 2.44. The number of fused-ring (bicyclic) bond motifs is 4. The summed E-state index contributed by atoms with van der Waals surface area (Å²) in [5.41, 5.74) is 6.37. The zero-order valence-corrected chi connectivity index (χ0v) is 12.5. The Bertz CT molecular complexity index is 366. The Morgan fingerprint density at radius 2 is 1.40 bits per heavy atom. The van der Waals surface area contributed by atoms with Gasteiger partial charge in [0.1, 0.15) is 0 Å². The average molecular weight is 276 g/mol. The lowest BCUT2D eigenvalue weighted by atomic mass is 9.64. The Balaban J connectivity index is 1.49. The lowest BCUT2D eigenvalue weighted by Crippen LogP contribution is -2.52. The van der Waals surface area contributed by atoms with Crippen LogP contribution in [0.5, 0.6) is 0 Å². The molecular formula is C17H28N2O. The summed E-state index contributed by atoms with van der Waals surface area (Å²) >= 11 is 0. The molecule has 2 aliphatic heterocycles. The van der Waals surface area contributed by atoms with E-state index in [4.69, 9.17) is 5.73 Å². The standard InChI is InChI=1S/C17H28N2O/c18-16-11-3-1-4-12(16)10-13(9-11)17(20)19-14-5-2-6-15(19)8-7-14/h11-16H,1-10,18H2. The van der Waals surface area contributed by atoms with Crippen LogP contribution >= 0.6 is 0 Å². The molecule has 4 atom stereocenters. The van der Waals surface area contributed by atoms with Crippen molar-refractivity contribution in [3.8, 4) is 0 Å². The molecule has 2 N–H and O–H groups in total. The molecule has 4 rings (SSSR count). The van der Waals surface area contributed by atoms with Crippen LogP contribution in [0, 0.1) is 17.8 Å². The van der Waals surface area contributed by atoms with E-state index in [1.54, 1.807) is 0 Å². The van der Waals surface area contributed by atoms with E-state index >= 15 is 0 Å². The maximum absolute atomic E-state index is 13.0. The second-order valence-electron chi connectivity index (χ2n) is 7.76. The molecule has 2 aliphatic carbocycles. The fourth-order valence-electron chi connectivity index (χ4n) is 5.68. The van der Waals surface area contributed by atoms with Gasteiger partial charge in [0.25, 0.3) is 0 Å². The number of carbonyl (C=O) groups is 1. The van der Waals surface area contributed by atoms with Gasteiger partial charge in [0.15, 0.2) is 0 Å². The van der Waals surface area contributed by atoms with Crippen molar-refractivity contribution in [2.75, 3.05) is 0 Å². The lowest BCUT2D eigenvalue weighted by molar-refractivity contribution is -0.143. The molecule has 0 radical (unpaired) electrons. The number of hydrogen-bond donors (Lipinski definition) is 1. The summed E-state index contributed by atoms with van der Waals surface area (Å²) in [6.07, 6.45) is 12.4. The van der Waals surface area contributed by atoms with E-state index < -0.39 is 0 Å². The van der Waals surface area contributed by atoms with Crippen molar-refractivity contribution in [2.45, 2.75) is 82.3 Å². The quantitative estimate of drug-likeness (QED) is 0.800. The molecule has 2 saturated heterocycles. The fraction of sp³-hybridized carbons (Fsp3) is 0.941. The predicted molar refractivity (Wildman–Crippen MR) is 79.0 cm³/mol. The smallest absolute Gasteiger partial charge is 0.226 e. The Hall–Kier alpha value is -0.570. The molecule has 112 valence electrons. The molecule has 4 unspecified atom stereocenters. The third-order valence-corrected chi connectivity index (χ3v) is 6.71. The molecule has 2 heterocycles. The van der Waals surface area contributed by atoms with Crippen molar-refractivity contribution in [1.82, 2.24) is 4.90 Å². The number of nitrogens with zero attached hydrogens (tertiary/aromatic N) is 1. The number of rotatable bonds is 1. The highest BCUT2D eigenvalue weighted by atomic mass is 16.2. The number of piperidine rings is 1. The van der Waals surface area contributed by atoms with Gasteiger partial charge in [-0.05, 0) is 69.6 Å². The first-order valence-corrected chi connectivity index (χ1v) is 8.82. The summed E-state index contributed by atoms with van der Waals surface area (Å²) in [6.45, 7) is 0. The van der Waals surface area contributed by atoms with E-state index in [1.165, 1.54) is 51.4 Å². The first-order chi connectivity index (χ1) is 9.74. The van der Waals surface area contributed by atoms with Crippen molar-refractivity contribution in [1.29, 1.82) is 0 Å². The second-order valence-corrected chi connectivity index (χ2v) is 7.76. The molecule has 4 bridgehead atoms. The highest BCUT2D eigenvalue weighted by Gasteiger charge is 2.46. The van der Waals surface area contributed by atoms with E-state index in [1.807, 2.05) is 0 Å². The summed E-state index contributed by atoms with van der Waals surface area (Å²) in [4.78, 5) is 15.4. The Morgan fingerprint density at radius 3 is 2.00 bits per heavy atom. The van der Waals surface area contributed by atoms with Crippen LogP contribution in [0.2, 0.25) is 0 Å². The molecule has 0 aromatic carbocycles. The minimum absolute atomic E-state index is 0.297. The van der Waals surface area contributed by atoms with Crippen LogP contribution in [0.1, 0.15) is 64.2 Å². The van der Waals surface area contributed by atoms with Crippen molar-refractivity contribution < 1.29 is 4.79 Å². The van der Waals surface area contributed by atoms with Crippen LogP contribution in [0.15, 0.2) is 0 Å². The van der Waals surface area contributed by atoms with Crippen LogP contribution < -0.4 is 5.73 Å². The van der Waals surface area contributed by atoms with Gasteiger partial charge in [-0.15, -0.1) is 0 Å². The third-order valence-electron chi connectivity index (χ3n) is 6.71. The summed E-state index contributed by atoms with van der Waals surface area (Å²) in [7, 11) is 0. The van der Waals surface area contributed by atoms with Crippen molar-refractivity contribution in [2.24, 2.45) is 23.5 Å². The number of nitrogens with two attached hydrogens (primary N) is 1. The van der Waals surface area contributed by atoms with Gasteiger partial charge < -0.3 is 10.6 Å². The number of amides is 1. The number of hydrogen-bond acceptors (Lipinski definition) is 2. The first-order valence-electron chi connectivity index (χ1n) is 8.82. The molecule has 0 spiro atoms. The lowest BCUT2D eigenvalue weighted by Gasteiger charge is -2.46. The predicted octanol–water partition coefficient (Wildman–Crippen LogP) is 2.68. The first kappa shape index (κ1) is 13.1. The van der Waals surface area contributed by atoms with E-state index in [0.717, 1.165) is 12.8 Å². The zero-order chi connectivity index (χ0) is 13.7. The van der Waals surface area contributed by atoms with Crippen LogP contribution in [-0.4, -0.2) is 28.9 Å². The van der Waals surface area contributed by atoms with Gasteiger partial charge in [-0.25, -0.2) is 0 Å². The summed E-state index contributed by atoms with van der Waals surface area (Å²) < 4.78 is 0. The van der Waals surface area contributed by atoms with E-state index in [2.05, 4.69) is 4.90 Å². The Morgan fingerprint density at radius 1 is 0.850 bits per heavy atom. The molecule has 2 saturated carbocycles. The fourth-order valence-corrected chi connectivity index (χ4v) is 5.68. The van der Waals surface area contributed by atoms with E-state index in [0.29, 0.717) is 41.8 Å². The monoisotopic (exact) mass is 276 g/mol.